The van der Waals surface area contributed by atoms with Gasteiger partial charge < -0.3 is 9.15 Å². The third kappa shape index (κ3) is 3.17. The number of oxazole rings is 1. The Balaban J connectivity index is 1.69. The topological polar surface area (TPSA) is 52.3 Å². The fraction of sp³-hybridized carbons (Fsp3) is 0.0588. The van der Waals surface area contributed by atoms with E-state index in [1.807, 2.05) is 31.2 Å². The van der Waals surface area contributed by atoms with E-state index in [0.29, 0.717) is 16.8 Å². The molecule has 0 N–H and O–H groups in total. The van der Waals surface area contributed by atoms with Crippen LogP contribution in [0.2, 0.25) is 0 Å². The summed E-state index contributed by atoms with van der Waals surface area (Å²) in [6.07, 6.45) is 4.47. The number of aromatic nitrogens is 1. The normalized spacial score (nSPS) is 11.1. The second-order valence-corrected chi connectivity index (χ2v) is 4.65. The number of nitrogens with zero attached hydrogens (tertiary/aromatic N) is 1. The van der Waals surface area contributed by atoms with E-state index in [9.17, 15) is 4.79 Å². The van der Waals surface area contributed by atoms with E-state index in [1.54, 1.807) is 24.3 Å². The smallest absolute Gasteiger partial charge is 0.336 e. The number of rotatable bonds is 3. The van der Waals surface area contributed by atoms with Gasteiger partial charge in [-0.1, -0.05) is 29.8 Å². The zero-order valence-electron chi connectivity index (χ0n) is 11.4. The number of hydrogen-bond acceptors (Lipinski definition) is 4. The summed E-state index contributed by atoms with van der Waals surface area (Å²) < 4.78 is 10.4. The Morgan fingerprint density at radius 1 is 1.19 bits per heavy atom. The highest BCUT2D eigenvalue weighted by molar-refractivity contribution is 5.89. The monoisotopic (exact) mass is 279 g/mol. The van der Waals surface area contributed by atoms with Crippen molar-refractivity contribution in [2.24, 2.45) is 0 Å². The van der Waals surface area contributed by atoms with Crippen molar-refractivity contribution in [3.63, 3.8) is 0 Å². The Bertz CT molecular complexity index is 800. The summed E-state index contributed by atoms with van der Waals surface area (Å²) in [5.41, 5.74) is 3.44. The molecule has 0 aliphatic rings. The first kappa shape index (κ1) is 13.1. The van der Waals surface area contributed by atoms with Crippen LogP contribution >= 0.6 is 0 Å². The third-order valence-corrected chi connectivity index (χ3v) is 3.01. The lowest BCUT2D eigenvalue weighted by Gasteiger charge is -2.00. The molecule has 0 unspecified atom stereocenters. The van der Waals surface area contributed by atoms with Crippen LogP contribution in [0.25, 0.3) is 17.2 Å². The Labute approximate surface area is 121 Å². The number of ether oxygens (including phenoxy) is 1. The van der Waals surface area contributed by atoms with Crippen molar-refractivity contribution in [2.45, 2.75) is 6.92 Å². The molecule has 0 atom stereocenters. The first-order chi connectivity index (χ1) is 10.2. The first-order valence-corrected chi connectivity index (χ1v) is 6.50. The van der Waals surface area contributed by atoms with Gasteiger partial charge in [0.15, 0.2) is 12.0 Å². The van der Waals surface area contributed by atoms with Gasteiger partial charge in [0.2, 0.25) is 0 Å². The molecule has 0 radical (unpaired) electrons. The molecule has 2 aromatic carbocycles. The summed E-state index contributed by atoms with van der Waals surface area (Å²) in [5, 5.41) is 0. The van der Waals surface area contributed by atoms with Crippen LogP contribution in [-0.2, 0) is 4.79 Å². The Morgan fingerprint density at radius 3 is 2.81 bits per heavy atom. The summed E-state index contributed by atoms with van der Waals surface area (Å²) >= 11 is 0. The molecule has 0 amide bonds. The predicted octanol–water partition coefficient (Wildman–Crippen LogP) is 3.76. The van der Waals surface area contributed by atoms with Gasteiger partial charge in [0.05, 0.1) is 0 Å². The number of hydrogen-bond donors (Lipinski definition) is 0. The van der Waals surface area contributed by atoms with Gasteiger partial charge in [0, 0.05) is 12.1 Å². The number of carbonyl (C=O) groups is 1. The van der Waals surface area contributed by atoms with Crippen molar-refractivity contribution in [3.05, 3.63) is 66.1 Å². The Morgan fingerprint density at radius 2 is 2.00 bits per heavy atom. The molecule has 3 rings (SSSR count). The molecule has 0 fully saturated rings. The van der Waals surface area contributed by atoms with E-state index in [-0.39, 0.29) is 0 Å². The van der Waals surface area contributed by atoms with Crippen LogP contribution in [0.3, 0.4) is 0 Å². The van der Waals surface area contributed by atoms with Crippen molar-refractivity contribution in [1.29, 1.82) is 0 Å². The highest BCUT2D eigenvalue weighted by atomic mass is 16.5. The number of fused-ring (bicyclic) bond motifs is 1. The van der Waals surface area contributed by atoms with E-state index < -0.39 is 5.97 Å². The maximum atomic E-state index is 11.8. The second-order valence-electron chi connectivity index (χ2n) is 4.65. The van der Waals surface area contributed by atoms with Crippen molar-refractivity contribution >= 4 is 23.1 Å². The number of aryl methyl sites for hydroxylation is 1. The summed E-state index contributed by atoms with van der Waals surface area (Å²) in [6.45, 7) is 2.02. The van der Waals surface area contributed by atoms with E-state index in [4.69, 9.17) is 9.15 Å². The van der Waals surface area contributed by atoms with Crippen molar-refractivity contribution in [3.8, 4) is 5.75 Å². The zero-order chi connectivity index (χ0) is 14.7. The molecule has 3 aromatic rings. The summed E-state index contributed by atoms with van der Waals surface area (Å²) in [7, 11) is 0. The number of benzene rings is 2. The molecule has 0 aliphatic heterocycles. The Hall–Kier alpha value is -2.88. The van der Waals surface area contributed by atoms with Crippen molar-refractivity contribution in [2.75, 3.05) is 0 Å². The summed E-state index contributed by atoms with van der Waals surface area (Å²) in [5.74, 6) is 0.00776. The fourth-order valence-corrected chi connectivity index (χ4v) is 1.89. The molecule has 4 heteroatoms. The van der Waals surface area contributed by atoms with Gasteiger partial charge in [-0.2, -0.15) is 0 Å². The predicted molar refractivity (Wildman–Crippen MR) is 79.9 cm³/mol. The maximum absolute atomic E-state index is 11.8. The van der Waals surface area contributed by atoms with Crippen LogP contribution in [0.15, 0.2) is 59.4 Å². The zero-order valence-corrected chi connectivity index (χ0v) is 11.4. The quantitative estimate of drug-likeness (QED) is 0.416. The van der Waals surface area contributed by atoms with E-state index in [0.717, 1.165) is 5.56 Å². The highest BCUT2D eigenvalue weighted by Crippen LogP contribution is 2.19. The first-order valence-electron chi connectivity index (χ1n) is 6.50. The molecule has 104 valence electrons. The lowest BCUT2D eigenvalue weighted by atomic mass is 10.1. The van der Waals surface area contributed by atoms with Crippen LogP contribution in [-0.4, -0.2) is 11.0 Å². The average molecular weight is 279 g/mol. The molecule has 21 heavy (non-hydrogen) atoms. The molecule has 0 saturated heterocycles. The van der Waals surface area contributed by atoms with Gasteiger partial charge in [0.25, 0.3) is 0 Å². The maximum Gasteiger partial charge on any atom is 0.336 e. The van der Waals surface area contributed by atoms with Crippen LogP contribution < -0.4 is 4.74 Å². The molecule has 4 nitrogen and oxygen atoms in total. The van der Waals surface area contributed by atoms with Gasteiger partial charge in [-0.05, 0) is 30.7 Å². The minimum absolute atomic E-state index is 0.432. The molecular weight excluding hydrogens is 266 g/mol. The van der Waals surface area contributed by atoms with Crippen molar-refractivity contribution < 1.29 is 13.9 Å². The molecule has 0 bridgehead atoms. The molecule has 0 spiro atoms. The lowest BCUT2D eigenvalue weighted by molar-refractivity contribution is -0.128. The van der Waals surface area contributed by atoms with Gasteiger partial charge in [-0.3, -0.25) is 0 Å². The minimum Gasteiger partial charge on any atom is -0.443 e. The van der Waals surface area contributed by atoms with E-state index in [2.05, 4.69) is 4.98 Å². The minimum atomic E-state index is -0.432. The van der Waals surface area contributed by atoms with Crippen LogP contribution in [0.4, 0.5) is 0 Å². The van der Waals surface area contributed by atoms with Crippen LogP contribution in [0.5, 0.6) is 5.75 Å². The number of carbonyl (C=O) groups excluding carboxylic acids is 1. The van der Waals surface area contributed by atoms with Crippen molar-refractivity contribution in [1.82, 2.24) is 4.98 Å². The molecule has 1 heterocycles. The SMILES string of the molecule is Cc1ccc(/C=C/C(=O)Oc2ccc3ocnc3c2)cc1. The Kier molecular flexibility index (Phi) is 3.51. The van der Waals surface area contributed by atoms with Gasteiger partial charge in [-0.15, -0.1) is 0 Å². The van der Waals surface area contributed by atoms with Gasteiger partial charge in [0.1, 0.15) is 11.3 Å². The molecular formula is C17H13NO3. The van der Waals surface area contributed by atoms with Crippen LogP contribution in [0.1, 0.15) is 11.1 Å². The van der Waals surface area contributed by atoms with Gasteiger partial charge >= 0.3 is 5.97 Å². The summed E-state index contributed by atoms with van der Waals surface area (Å²) in [4.78, 5) is 15.8. The third-order valence-electron chi connectivity index (χ3n) is 3.01. The summed E-state index contributed by atoms with van der Waals surface area (Å²) in [6, 6.07) is 12.9. The average Bonchev–Trinajstić information content (AvgIpc) is 2.94. The fourth-order valence-electron chi connectivity index (χ4n) is 1.89. The second kappa shape index (κ2) is 5.63. The van der Waals surface area contributed by atoms with Crippen LogP contribution in [0, 0.1) is 6.92 Å². The highest BCUT2D eigenvalue weighted by Gasteiger charge is 2.04. The molecule has 1 aromatic heterocycles. The van der Waals surface area contributed by atoms with E-state index in [1.165, 1.54) is 18.0 Å². The standard InChI is InChI=1S/C17H13NO3/c1-12-2-4-13(5-3-12)6-9-17(19)21-14-7-8-16-15(10-14)18-11-20-16/h2-11H,1H3/b9-6+. The number of esters is 1. The molecule has 0 saturated carbocycles. The van der Waals surface area contributed by atoms with E-state index >= 15 is 0 Å². The van der Waals surface area contributed by atoms with Gasteiger partial charge in [-0.25, -0.2) is 9.78 Å². The largest absolute Gasteiger partial charge is 0.443 e. The lowest BCUT2D eigenvalue weighted by Crippen LogP contribution is -2.03. The molecule has 0 aliphatic carbocycles.